The first-order chi connectivity index (χ1) is 10.1. The fraction of sp³-hybridized carbons (Fsp3) is 0.429. The van der Waals surface area contributed by atoms with Crippen molar-refractivity contribution in [3.63, 3.8) is 0 Å². The second kappa shape index (κ2) is 8.87. The van der Waals surface area contributed by atoms with E-state index in [9.17, 15) is 13.6 Å². The van der Waals surface area contributed by atoms with Crippen molar-refractivity contribution in [1.29, 1.82) is 5.26 Å². The highest BCUT2D eigenvalue weighted by molar-refractivity contribution is 5.97. The van der Waals surface area contributed by atoms with Crippen molar-refractivity contribution in [2.45, 2.75) is 13.0 Å². The third-order valence-electron chi connectivity index (χ3n) is 2.68. The summed E-state index contributed by atoms with van der Waals surface area (Å²) in [4.78, 5) is 13.8. The summed E-state index contributed by atoms with van der Waals surface area (Å²) in [6, 6.07) is 7.72. The van der Waals surface area contributed by atoms with Crippen LogP contribution in [0, 0.1) is 11.3 Å². The van der Waals surface area contributed by atoms with Crippen LogP contribution >= 0.6 is 0 Å². The normalized spacial score (nSPS) is 10.2. The van der Waals surface area contributed by atoms with Crippen LogP contribution in [0.1, 0.15) is 16.8 Å². The first kappa shape index (κ1) is 16.9. The molecule has 0 atom stereocenters. The van der Waals surface area contributed by atoms with Gasteiger partial charge >= 0.3 is 6.61 Å². The molecule has 0 saturated carbocycles. The summed E-state index contributed by atoms with van der Waals surface area (Å²) in [5.74, 6) is -0.657. The lowest BCUT2D eigenvalue weighted by Crippen LogP contribution is -2.35. The van der Waals surface area contributed by atoms with E-state index < -0.39 is 12.5 Å². The number of carbonyl (C=O) groups excluding carboxylic acids is 1. The zero-order valence-corrected chi connectivity index (χ0v) is 11.6. The minimum Gasteiger partial charge on any atom is -0.434 e. The fourth-order valence-electron chi connectivity index (χ4n) is 1.71. The van der Waals surface area contributed by atoms with Gasteiger partial charge in [-0.05, 0) is 12.1 Å². The molecular weight excluding hydrogens is 282 g/mol. The predicted molar refractivity (Wildman–Crippen MR) is 71.1 cm³/mol. The maximum absolute atomic E-state index is 12.4. The van der Waals surface area contributed by atoms with E-state index >= 15 is 0 Å². The Kier molecular flexibility index (Phi) is 7.12. The van der Waals surface area contributed by atoms with Crippen LogP contribution in [0.3, 0.4) is 0 Å². The number of rotatable bonds is 8. The van der Waals surface area contributed by atoms with Crippen molar-refractivity contribution in [1.82, 2.24) is 4.90 Å². The Bertz CT molecular complexity index is 503. The molecule has 7 heteroatoms. The average Bonchev–Trinajstić information content (AvgIpc) is 2.47. The molecule has 0 fully saturated rings. The smallest absolute Gasteiger partial charge is 0.387 e. The number of ether oxygens (including phenoxy) is 2. The molecule has 0 spiro atoms. The van der Waals surface area contributed by atoms with Gasteiger partial charge in [0.25, 0.3) is 5.91 Å². The molecule has 0 aliphatic heterocycles. The van der Waals surface area contributed by atoms with Crippen molar-refractivity contribution >= 4 is 5.91 Å². The molecule has 0 aliphatic rings. The van der Waals surface area contributed by atoms with E-state index in [0.29, 0.717) is 0 Å². The SMILES string of the molecule is COCCN(CCC#N)C(=O)c1ccccc1OC(F)F. The molecule has 1 aromatic rings. The number of para-hydroxylation sites is 1. The molecule has 0 unspecified atom stereocenters. The van der Waals surface area contributed by atoms with Crippen LogP contribution in [0.2, 0.25) is 0 Å². The summed E-state index contributed by atoms with van der Waals surface area (Å²) in [7, 11) is 1.49. The third kappa shape index (κ3) is 5.36. The minimum atomic E-state index is -3.01. The number of hydrogen-bond acceptors (Lipinski definition) is 4. The fourth-order valence-corrected chi connectivity index (χ4v) is 1.71. The Morgan fingerprint density at radius 1 is 1.38 bits per heavy atom. The summed E-state index contributed by atoms with van der Waals surface area (Å²) in [6.45, 7) is -2.26. The maximum Gasteiger partial charge on any atom is 0.387 e. The summed E-state index contributed by atoms with van der Waals surface area (Å²) < 4.78 is 34.0. The van der Waals surface area contributed by atoms with Gasteiger partial charge in [-0.1, -0.05) is 12.1 Å². The lowest BCUT2D eigenvalue weighted by atomic mass is 10.1. The number of halogens is 2. The second-order valence-electron chi connectivity index (χ2n) is 4.07. The Morgan fingerprint density at radius 3 is 2.71 bits per heavy atom. The van der Waals surface area contributed by atoms with Gasteiger partial charge in [0.15, 0.2) is 0 Å². The van der Waals surface area contributed by atoms with E-state index in [0.717, 1.165) is 0 Å². The molecule has 0 bridgehead atoms. The molecule has 1 rings (SSSR count). The molecule has 1 aromatic carbocycles. The Balaban J connectivity index is 2.94. The molecule has 0 aliphatic carbocycles. The quantitative estimate of drug-likeness (QED) is 0.738. The van der Waals surface area contributed by atoms with Crippen molar-refractivity contribution < 1.29 is 23.0 Å². The van der Waals surface area contributed by atoms with Crippen molar-refractivity contribution in [3.05, 3.63) is 29.8 Å². The highest BCUT2D eigenvalue weighted by Gasteiger charge is 2.20. The van der Waals surface area contributed by atoms with Crippen LogP contribution in [-0.4, -0.2) is 44.2 Å². The molecule has 114 valence electrons. The van der Waals surface area contributed by atoms with E-state index in [1.807, 2.05) is 6.07 Å². The first-order valence-corrected chi connectivity index (χ1v) is 6.29. The van der Waals surface area contributed by atoms with Crippen molar-refractivity contribution in [2.75, 3.05) is 26.8 Å². The number of methoxy groups -OCH3 is 1. The summed E-state index contributed by atoms with van der Waals surface area (Å²) >= 11 is 0. The average molecular weight is 298 g/mol. The number of alkyl halides is 2. The number of carbonyl (C=O) groups is 1. The van der Waals surface area contributed by atoms with Gasteiger partial charge in [-0.15, -0.1) is 0 Å². The molecule has 0 aromatic heterocycles. The van der Waals surface area contributed by atoms with E-state index in [1.165, 1.54) is 30.2 Å². The number of nitrogens with zero attached hydrogens (tertiary/aromatic N) is 2. The van der Waals surface area contributed by atoms with Gasteiger partial charge < -0.3 is 14.4 Å². The molecule has 1 amide bonds. The van der Waals surface area contributed by atoms with E-state index in [2.05, 4.69) is 4.74 Å². The monoisotopic (exact) mass is 298 g/mol. The lowest BCUT2D eigenvalue weighted by Gasteiger charge is -2.22. The highest BCUT2D eigenvalue weighted by Crippen LogP contribution is 2.22. The first-order valence-electron chi connectivity index (χ1n) is 6.29. The van der Waals surface area contributed by atoms with Crippen LogP contribution in [0.15, 0.2) is 24.3 Å². The zero-order chi connectivity index (χ0) is 15.7. The minimum absolute atomic E-state index is 0.0341. The molecule has 0 heterocycles. The lowest BCUT2D eigenvalue weighted by molar-refractivity contribution is -0.0503. The number of nitriles is 1. The molecule has 5 nitrogen and oxygen atoms in total. The molecule has 21 heavy (non-hydrogen) atoms. The van der Waals surface area contributed by atoms with E-state index in [4.69, 9.17) is 10.00 Å². The Morgan fingerprint density at radius 2 is 2.10 bits per heavy atom. The molecule has 0 N–H and O–H groups in total. The maximum atomic E-state index is 12.4. The van der Waals surface area contributed by atoms with Crippen LogP contribution in [0.5, 0.6) is 5.75 Å². The molecule has 0 radical (unpaired) electrons. The van der Waals surface area contributed by atoms with Crippen LogP contribution < -0.4 is 4.74 Å². The highest BCUT2D eigenvalue weighted by atomic mass is 19.3. The van der Waals surface area contributed by atoms with E-state index in [-0.39, 0.29) is 37.4 Å². The number of benzene rings is 1. The van der Waals surface area contributed by atoms with Gasteiger partial charge in [0.1, 0.15) is 5.75 Å². The topological polar surface area (TPSA) is 62.6 Å². The summed E-state index contributed by atoms with van der Waals surface area (Å²) in [6.07, 6.45) is 0.146. The van der Waals surface area contributed by atoms with Crippen molar-refractivity contribution in [3.8, 4) is 11.8 Å². The van der Waals surface area contributed by atoms with E-state index in [1.54, 1.807) is 6.07 Å². The molecular formula is C14H16F2N2O3. The largest absolute Gasteiger partial charge is 0.434 e. The Labute approximate surface area is 121 Å². The van der Waals surface area contributed by atoms with Gasteiger partial charge in [0, 0.05) is 20.2 Å². The van der Waals surface area contributed by atoms with Crippen molar-refractivity contribution in [2.24, 2.45) is 0 Å². The number of hydrogen-bond donors (Lipinski definition) is 0. The van der Waals surface area contributed by atoms with Crippen LogP contribution in [0.4, 0.5) is 8.78 Å². The zero-order valence-electron chi connectivity index (χ0n) is 11.6. The summed E-state index contributed by atoms with van der Waals surface area (Å²) in [5, 5.41) is 8.62. The van der Waals surface area contributed by atoms with Gasteiger partial charge in [-0.25, -0.2) is 0 Å². The van der Waals surface area contributed by atoms with Gasteiger partial charge in [0.05, 0.1) is 24.7 Å². The van der Waals surface area contributed by atoms with Gasteiger partial charge in [-0.2, -0.15) is 14.0 Å². The third-order valence-corrected chi connectivity index (χ3v) is 2.68. The summed E-state index contributed by atoms with van der Waals surface area (Å²) in [5.41, 5.74) is 0.0341. The standard InChI is InChI=1S/C14H16F2N2O3/c1-20-10-9-18(8-4-7-17)13(19)11-5-2-3-6-12(11)21-14(15)16/h2-3,5-6,14H,4,8-10H2,1H3. The van der Waals surface area contributed by atoms with Gasteiger partial charge in [0.2, 0.25) is 0 Å². The Hall–Kier alpha value is -2.20. The van der Waals surface area contributed by atoms with Crippen LogP contribution in [0.25, 0.3) is 0 Å². The molecule has 0 saturated heterocycles. The number of amides is 1. The predicted octanol–water partition coefficient (Wildman–Crippen LogP) is 2.29. The second-order valence-corrected chi connectivity index (χ2v) is 4.07. The van der Waals surface area contributed by atoms with Gasteiger partial charge in [-0.3, -0.25) is 4.79 Å². The van der Waals surface area contributed by atoms with Crippen LogP contribution in [-0.2, 0) is 4.74 Å².